The fraction of sp³-hybridized carbons (Fsp3) is 0.429. The van der Waals surface area contributed by atoms with Crippen molar-refractivity contribution in [3.63, 3.8) is 0 Å². The number of nitrogens with zero attached hydrogens (tertiary/aromatic N) is 5. The van der Waals surface area contributed by atoms with Gasteiger partial charge < -0.3 is 4.90 Å². The molecule has 3 heterocycles. The summed E-state index contributed by atoms with van der Waals surface area (Å²) in [7, 11) is 0. The van der Waals surface area contributed by atoms with Gasteiger partial charge in [0, 0.05) is 43.7 Å². The molecule has 1 aliphatic heterocycles. The Morgan fingerprint density at radius 2 is 1.86 bits per heavy atom. The molecule has 3 aromatic rings. The van der Waals surface area contributed by atoms with E-state index in [2.05, 4.69) is 46.1 Å². The van der Waals surface area contributed by atoms with Crippen LogP contribution < -0.4 is 4.90 Å². The lowest BCUT2D eigenvalue weighted by Gasteiger charge is -2.21. The van der Waals surface area contributed by atoms with E-state index >= 15 is 0 Å². The molecule has 7 heteroatoms. The summed E-state index contributed by atoms with van der Waals surface area (Å²) in [6, 6.07) is 10.3. The van der Waals surface area contributed by atoms with Gasteiger partial charge in [0.2, 0.25) is 0 Å². The molecule has 0 atom stereocenters. The number of hydrogen-bond donors (Lipinski definition) is 0. The topological polar surface area (TPSA) is 37.2 Å². The molecule has 5 nitrogen and oxygen atoms in total. The number of rotatable bonds is 5. The molecule has 1 saturated heterocycles. The number of benzene rings is 1. The number of aryl methyl sites for hydroxylation is 2. The van der Waals surface area contributed by atoms with E-state index in [1.807, 2.05) is 22.9 Å². The van der Waals surface area contributed by atoms with Gasteiger partial charge in [0.15, 0.2) is 5.13 Å². The Balaban J connectivity index is 1.42. The largest absolute Gasteiger partial charge is 0.347 e. The van der Waals surface area contributed by atoms with Crippen molar-refractivity contribution in [2.24, 2.45) is 0 Å². The Hall–Kier alpha value is -1.89. The van der Waals surface area contributed by atoms with Crippen molar-refractivity contribution in [2.45, 2.75) is 33.4 Å². The lowest BCUT2D eigenvalue weighted by molar-refractivity contribution is 0.285. The smallest absolute Gasteiger partial charge is 0.185 e. The van der Waals surface area contributed by atoms with Crippen LogP contribution in [0.15, 0.2) is 35.7 Å². The fourth-order valence-corrected chi connectivity index (χ4v) is 4.81. The number of anilines is 1. The van der Waals surface area contributed by atoms with E-state index in [1.54, 1.807) is 11.3 Å². The first-order valence-corrected chi connectivity index (χ1v) is 11.0. The van der Waals surface area contributed by atoms with Crippen LogP contribution in [0.4, 0.5) is 5.13 Å². The highest BCUT2D eigenvalue weighted by atomic mass is 35.5. The highest BCUT2D eigenvalue weighted by Crippen LogP contribution is 2.25. The SMILES string of the molecule is Cc1csc(N2CCCN(Cc3c(C)nn(Cc4ccccc4)c3Cl)CC2)n1. The van der Waals surface area contributed by atoms with Crippen molar-refractivity contribution in [2.75, 3.05) is 31.1 Å². The summed E-state index contributed by atoms with van der Waals surface area (Å²) in [6.45, 7) is 9.82. The molecule has 0 unspecified atom stereocenters. The second-order valence-electron chi connectivity index (χ2n) is 7.39. The van der Waals surface area contributed by atoms with Crippen molar-refractivity contribution < 1.29 is 0 Å². The maximum Gasteiger partial charge on any atom is 0.185 e. The molecule has 1 aliphatic rings. The van der Waals surface area contributed by atoms with Crippen LogP contribution in [0.3, 0.4) is 0 Å². The van der Waals surface area contributed by atoms with Gasteiger partial charge in [0.1, 0.15) is 5.15 Å². The molecule has 1 aromatic carbocycles. The zero-order valence-corrected chi connectivity index (χ0v) is 18.0. The first-order chi connectivity index (χ1) is 13.6. The average Bonchev–Trinajstić information content (AvgIpc) is 3.12. The first kappa shape index (κ1) is 19.4. The maximum atomic E-state index is 6.72. The molecule has 0 aliphatic carbocycles. The molecular weight excluding hydrogens is 390 g/mol. The van der Waals surface area contributed by atoms with Crippen molar-refractivity contribution in [1.29, 1.82) is 0 Å². The molecule has 148 valence electrons. The third kappa shape index (κ3) is 4.40. The van der Waals surface area contributed by atoms with Crippen molar-refractivity contribution in [3.8, 4) is 0 Å². The first-order valence-electron chi connectivity index (χ1n) is 9.75. The Kier molecular flexibility index (Phi) is 5.99. The highest BCUT2D eigenvalue weighted by Gasteiger charge is 2.21. The lowest BCUT2D eigenvalue weighted by Crippen LogP contribution is -2.30. The van der Waals surface area contributed by atoms with Crippen LogP contribution in [0.2, 0.25) is 5.15 Å². The second kappa shape index (κ2) is 8.64. The third-order valence-corrected chi connectivity index (χ3v) is 6.65. The molecule has 2 aromatic heterocycles. The number of halogens is 1. The van der Waals surface area contributed by atoms with Gasteiger partial charge >= 0.3 is 0 Å². The Morgan fingerprint density at radius 3 is 2.61 bits per heavy atom. The van der Waals surface area contributed by atoms with Gasteiger partial charge in [-0.1, -0.05) is 41.9 Å². The molecule has 0 saturated carbocycles. The van der Waals surface area contributed by atoms with Crippen molar-refractivity contribution >= 4 is 28.1 Å². The molecular formula is C21H26ClN5S. The number of aromatic nitrogens is 3. The van der Waals surface area contributed by atoms with E-state index in [0.717, 1.165) is 66.4 Å². The van der Waals surface area contributed by atoms with Crippen LogP contribution in [0, 0.1) is 13.8 Å². The molecule has 0 bridgehead atoms. The quantitative estimate of drug-likeness (QED) is 0.620. The van der Waals surface area contributed by atoms with E-state index in [1.165, 1.54) is 5.56 Å². The monoisotopic (exact) mass is 415 g/mol. The Morgan fingerprint density at radius 1 is 1.04 bits per heavy atom. The van der Waals surface area contributed by atoms with Gasteiger partial charge in [-0.2, -0.15) is 5.10 Å². The van der Waals surface area contributed by atoms with Crippen LogP contribution in [-0.2, 0) is 13.1 Å². The zero-order chi connectivity index (χ0) is 19.5. The van der Waals surface area contributed by atoms with Crippen molar-refractivity contribution in [3.05, 3.63) is 63.4 Å². The third-order valence-electron chi connectivity index (χ3n) is 5.21. The molecule has 28 heavy (non-hydrogen) atoms. The predicted molar refractivity (Wildman–Crippen MR) is 116 cm³/mol. The number of hydrogen-bond acceptors (Lipinski definition) is 5. The normalized spacial score (nSPS) is 15.8. The van der Waals surface area contributed by atoms with Gasteiger partial charge in [-0.25, -0.2) is 9.67 Å². The molecule has 0 N–H and O–H groups in total. The average molecular weight is 416 g/mol. The summed E-state index contributed by atoms with van der Waals surface area (Å²) in [5.41, 5.74) is 4.49. The van der Waals surface area contributed by atoms with Gasteiger partial charge in [-0.3, -0.25) is 4.90 Å². The van der Waals surface area contributed by atoms with Crippen LogP contribution in [0.1, 0.15) is 28.9 Å². The van der Waals surface area contributed by atoms with Crippen LogP contribution in [-0.4, -0.2) is 45.8 Å². The molecule has 1 fully saturated rings. The minimum Gasteiger partial charge on any atom is -0.347 e. The molecule has 0 amide bonds. The van der Waals surface area contributed by atoms with E-state index < -0.39 is 0 Å². The summed E-state index contributed by atoms with van der Waals surface area (Å²) in [5.74, 6) is 0. The van der Waals surface area contributed by atoms with Crippen LogP contribution in [0.25, 0.3) is 0 Å². The van der Waals surface area contributed by atoms with Gasteiger partial charge in [-0.05, 0) is 25.8 Å². The van der Waals surface area contributed by atoms with Gasteiger partial charge in [-0.15, -0.1) is 11.3 Å². The van der Waals surface area contributed by atoms with E-state index in [4.69, 9.17) is 16.7 Å². The van der Waals surface area contributed by atoms with Crippen molar-refractivity contribution in [1.82, 2.24) is 19.7 Å². The van der Waals surface area contributed by atoms with E-state index in [-0.39, 0.29) is 0 Å². The van der Waals surface area contributed by atoms with E-state index in [9.17, 15) is 0 Å². The summed E-state index contributed by atoms with van der Waals surface area (Å²) in [5, 5.41) is 8.73. The highest BCUT2D eigenvalue weighted by molar-refractivity contribution is 7.13. The molecule has 4 rings (SSSR count). The number of thiazole rings is 1. The van der Waals surface area contributed by atoms with Gasteiger partial charge in [0.05, 0.1) is 17.9 Å². The Bertz CT molecular complexity index is 920. The minimum atomic E-state index is 0.706. The van der Waals surface area contributed by atoms with Crippen LogP contribution in [0.5, 0.6) is 0 Å². The second-order valence-corrected chi connectivity index (χ2v) is 8.58. The van der Waals surface area contributed by atoms with Crippen LogP contribution >= 0.6 is 22.9 Å². The minimum absolute atomic E-state index is 0.706. The Labute approximate surface area is 175 Å². The molecule has 0 radical (unpaired) electrons. The predicted octanol–water partition coefficient (Wildman–Crippen LogP) is 4.37. The van der Waals surface area contributed by atoms with E-state index in [0.29, 0.717) is 6.54 Å². The van der Waals surface area contributed by atoms with Gasteiger partial charge in [0.25, 0.3) is 0 Å². The maximum absolute atomic E-state index is 6.72. The molecule has 0 spiro atoms. The summed E-state index contributed by atoms with van der Waals surface area (Å²) >= 11 is 8.46. The lowest BCUT2D eigenvalue weighted by atomic mass is 10.2. The summed E-state index contributed by atoms with van der Waals surface area (Å²) < 4.78 is 1.92. The summed E-state index contributed by atoms with van der Waals surface area (Å²) in [6.07, 6.45) is 1.13. The fourth-order valence-electron chi connectivity index (χ4n) is 3.66. The zero-order valence-electron chi connectivity index (χ0n) is 16.4. The summed E-state index contributed by atoms with van der Waals surface area (Å²) in [4.78, 5) is 9.54. The standard InChI is InChI=1S/C21H26ClN5S/c1-16-15-28-21(23-16)26-10-6-9-25(11-12-26)14-19-17(2)24-27(20(19)22)13-18-7-4-3-5-8-18/h3-5,7-8,15H,6,9-14H2,1-2H3.